The molecule has 0 bridgehead atoms. The minimum atomic E-state index is -0.550. The van der Waals surface area contributed by atoms with Crippen molar-refractivity contribution in [2.24, 2.45) is 0 Å². The molecule has 0 N–H and O–H groups in total. The number of rotatable bonds is 3. The fourth-order valence-corrected chi connectivity index (χ4v) is 1.41. The molecule has 0 fully saturated rings. The molecule has 2 nitrogen and oxygen atoms in total. The summed E-state index contributed by atoms with van der Waals surface area (Å²) in [5.74, 6) is -0.121. The standard InChI is InChI=1S/C14H10FNO/c1-16-14-8-7-12(9-13(14)15)17-10-11-5-3-2-4-6-11/h2-9H,10H2. The molecule has 3 heteroatoms. The van der Waals surface area contributed by atoms with Gasteiger partial charge in [0.05, 0.1) is 6.57 Å². The van der Waals surface area contributed by atoms with Crippen LogP contribution in [0.4, 0.5) is 10.1 Å². The second-order valence-electron chi connectivity index (χ2n) is 3.50. The van der Waals surface area contributed by atoms with Gasteiger partial charge < -0.3 is 4.74 Å². The summed E-state index contributed by atoms with van der Waals surface area (Å²) in [6.45, 7) is 7.12. The highest BCUT2D eigenvalue weighted by Gasteiger charge is 2.03. The average molecular weight is 227 g/mol. The normalized spacial score (nSPS) is 9.65. The molecule has 0 spiro atoms. The van der Waals surface area contributed by atoms with Crippen molar-refractivity contribution in [1.82, 2.24) is 0 Å². The Hall–Kier alpha value is -2.34. The smallest absolute Gasteiger partial charge is 0.222 e. The van der Waals surface area contributed by atoms with Crippen molar-refractivity contribution in [2.45, 2.75) is 6.61 Å². The summed E-state index contributed by atoms with van der Waals surface area (Å²) in [7, 11) is 0. The lowest BCUT2D eigenvalue weighted by atomic mass is 10.2. The second-order valence-corrected chi connectivity index (χ2v) is 3.50. The first-order valence-electron chi connectivity index (χ1n) is 5.13. The zero-order chi connectivity index (χ0) is 12.1. The fourth-order valence-electron chi connectivity index (χ4n) is 1.41. The SMILES string of the molecule is [C-]#[N+]c1ccc(OCc2ccccc2)cc1F. The number of halogens is 1. The maximum Gasteiger partial charge on any atom is 0.222 e. The van der Waals surface area contributed by atoms with E-state index in [1.165, 1.54) is 12.1 Å². The van der Waals surface area contributed by atoms with Crippen LogP contribution in [0.3, 0.4) is 0 Å². The van der Waals surface area contributed by atoms with E-state index in [0.29, 0.717) is 12.4 Å². The van der Waals surface area contributed by atoms with Gasteiger partial charge in [0.15, 0.2) is 0 Å². The lowest BCUT2D eigenvalue weighted by molar-refractivity contribution is 0.305. The topological polar surface area (TPSA) is 13.6 Å². The highest BCUT2D eigenvalue weighted by Crippen LogP contribution is 2.23. The fraction of sp³-hybridized carbons (Fsp3) is 0.0714. The van der Waals surface area contributed by atoms with E-state index in [0.717, 1.165) is 5.56 Å². The summed E-state index contributed by atoms with van der Waals surface area (Å²) in [5.41, 5.74) is 1.03. The number of benzene rings is 2. The molecule has 0 atom stereocenters. The predicted octanol–water partition coefficient (Wildman–Crippen LogP) is 3.96. The van der Waals surface area contributed by atoms with Gasteiger partial charge in [-0.05, 0) is 17.7 Å². The zero-order valence-corrected chi connectivity index (χ0v) is 9.06. The molecular weight excluding hydrogens is 217 g/mol. The van der Waals surface area contributed by atoms with Gasteiger partial charge in [-0.15, -0.1) is 0 Å². The van der Waals surface area contributed by atoms with Crippen molar-refractivity contribution in [3.8, 4) is 5.75 Å². The largest absolute Gasteiger partial charge is 0.489 e. The molecule has 17 heavy (non-hydrogen) atoms. The van der Waals surface area contributed by atoms with Crippen LogP contribution in [-0.2, 0) is 6.61 Å². The molecule has 0 aromatic heterocycles. The summed E-state index contributed by atoms with van der Waals surface area (Å²) in [6, 6.07) is 13.9. The third-order valence-corrected chi connectivity index (χ3v) is 2.29. The van der Waals surface area contributed by atoms with E-state index in [9.17, 15) is 4.39 Å². The second kappa shape index (κ2) is 5.13. The summed E-state index contributed by atoms with van der Waals surface area (Å²) >= 11 is 0. The van der Waals surface area contributed by atoms with Crippen molar-refractivity contribution < 1.29 is 9.13 Å². The van der Waals surface area contributed by atoms with Crippen molar-refractivity contribution in [3.63, 3.8) is 0 Å². The van der Waals surface area contributed by atoms with Crippen molar-refractivity contribution >= 4 is 5.69 Å². The van der Waals surface area contributed by atoms with Crippen molar-refractivity contribution in [3.05, 3.63) is 71.3 Å². The first-order valence-corrected chi connectivity index (χ1v) is 5.13. The number of hydrogen-bond acceptors (Lipinski definition) is 1. The Morgan fingerprint density at radius 2 is 1.88 bits per heavy atom. The van der Waals surface area contributed by atoms with Crippen LogP contribution in [0.25, 0.3) is 4.85 Å². The first kappa shape index (κ1) is 11.2. The van der Waals surface area contributed by atoms with Crippen molar-refractivity contribution in [1.29, 1.82) is 0 Å². The highest BCUT2D eigenvalue weighted by molar-refractivity contribution is 5.48. The molecule has 0 unspecified atom stereocenters. The third-order valence-electron chi connectivity index (χ3n) is 2.29. The molecular formula is C14H10FNO. The van der Waals surface area contributed by atoms with Gasteiger partial charge in [0.25, 0.3) is 0 Å². The van der Waals surface area contributed by atoms with Gasteiger partial charge in [-0.3, -0.25) is 0 Å². The molecule has 0 aliphatic rings. The van der Waals surface area contributed by atoms with E-state index >= 15 is 0 Å². The lowest BCUT2D eigenvalue weighted by Gasteiger charge is -2.06. The van der Waals surface area contributed by atoms with Crippen LogP contribution >= 0.6 is 0 Å². The minimum absolute atomic E-state index is 0.0112. The predicted molar refractivity (Wildman–Crippen MR) is 63.4 cm³/mol. The quantitative estimate of drug-likeness (QED) is 0.724. The van der Waals surface area contributed by atoms with E-state index in [4.69, 9.17) is 11.3 Å². The Morgan fingerprint density at radius 3 is 2.53 bits per heavy atom. The summed E-state index contributed by atoms with van der Waals surface area (Å²) in [6.07, 6.45) is 0. The molecule has 0 saturated carbocycles. The molecule has 2 rings (SSSR count). The number of ether oxygens (including phenoxy) is 1. The summed E-state index contributed by atoms with van der Waals surface area (Å²) in [5, 5.41) is 0. The Balaban J connectivity index is 2.06. The van der Waals surface area contributed by atoms with Crippen LogP contribution in [-0.4, -0.2) is 0 Å². The van der Waals surface area contributed by atoms with Gasteiger partial charge in [0, 0.05) is 6.07 Å². The molecule has 0 aliphatic heterocycles. The summed E-state index contributed by atoms with van der Waals surface area (Å²) in [4.78, 5) is 3.05. The number of nitrogens with zero attached hydrogens (tertiary/aromatic N) is 1. The van der Waals surface area contributed by atoms with E-state index < -0.39 is 5.82 Å². The van der Waals surface area contributed by atoms with E-state index in [-0.39, 0.29) is 5.69 Å². The van der Waals surface area contributed by atoms with E-state index in [1.54, 1.807) is 6.07 Å². The zero-order valence-electron chi connectivity index (χ0n) is 9.06. The van der Waals surface area contributed by atoms with E-state index in [1.807, 2.05) is 30.3 Å². The first-order chi connectivity index (χ1) is 8.29. The van der Waals surface area contributed by atoms with Crippen molar-refractivity contribution in [2.75, 3.05) is 0 Å². The molecule has 0 amide bonds. The molecule has 2 aromatic rings. The van der Waals surface area contributed by atoms with Gasteiger partial charge in [-0.1, -0.05) is 30.3 Å². The molecule has 0 aliphatic carbocycles. The van der Waals surface area contributed by atoms with Gasteiger partial charge in [0.2, 0.25) is 5.69 Å². The van der Waals surface area contributed by atoms with Crippen LogP contribution in [0, 0.1) is 12.4 Å². The van der Waals surface area contributed by atoms with Gasteiger partial charge in [0.1, 0.15) is 18.2 Å². The van der Waals surface area contributed by atoms with Crippen LogP contribution in [0.15, 0.2) is 48.5 Å². The molecule has 0 heterocycles. The Labute approximate surface area is 99.1 Å². The van der Waals surface area contributed by atoms with Gasteiger partial charge in [-0.25, -0.2) is 9.24 Å². The van der Waals surface area contributed by atoms with Crippen LogP contribution in [0.2, 0.25) is 0 Å². The minimum Gasteiger partial charge on any atom is -0.489 e. The average Bonchev–Trinajstić information content (AvgIpc) is 2.38. The Morgan fingerprint density at radius 1 is 1.12 bits per heavy atom. The van der Waals surface area contributed by atoms with Crippen LogP contribution in [0.1, 0.15) is 5.56 Å². The van der Waals surface area contributed by atoms with Crippen LogP contribution in [0.5, 0.6) is 5.75 Å². The monoisotopic (exact) mass is 227 g/mol. The Bertz CT molecular complexity index is 546. The molecule has 0 radical (unpaired) electrons. The maximum absolute atomic E-state index is 13.3. The Kier molecular flexibility index (Phi) is 3.37. The maximum atomic E-state index is 13.3. The third kappa shape index (κ3) is 2.82. The molecule has 0 saturated heterocycles. The lowest BCUT2D eigenvalue weighted by Crippen LogP contribution is -1.95. The number of hydrogen-bond donors (Lipinski definition) is 0. The molecule has 84 valence electrons. The van der Waals surface area contributed by atoms with Gasteiger partial charge >= 0.3 is 0 Å². The summed E-state index contributed by atoms with van der Waals surface area (Å²) < 4.78 is 18.7. The van der Waals surface area contributed by atoms with Crippen LogP contribution < -0.4 is 4.74 Å². The van der Waals surface area contributed by atoms with E-state index in [2.05, 4.69) is 4.85 Å². The molecule has 2 aromatic carbocycles. The van der Waals surface area contributed by atoms with Gasteiger partial charge in [-0.2, -0.15) is 0 Å². The highest BCUT2D eigenvalue weighted by atomic mass is 19.1.